The van der Waals surface area contributed by atoms with E-state index in [1.165, 1.54) is 29.1 Å². The highest BCUT2D eigenvalue weighted by molar-refractivity contribution is 14.1. The number of halogens is 2. The van der Waals surface area contributed by atoms with E-state index in [0.29, 0.717) is 50.0 Å². The van der Waals surface area contributed by atoms with Gasteiger partial charge in [0.2, 0.25) is 0 Å². The predicted molar refractivity (Wildman–Crippen MR) is 185 cm³/mol. The number of methoxy groups -OCH3 is 1. The van der Waals surface area contributed by atoms with Crippen LogP contribution in [0.4, 0.5) is 4.39 Å². The first-order chi connectivity index (χ1) is 23.1. The van der Waals surface area contributed by atoms with Gasteiger partial charge < -0.3 is 23.7 Å². The largest absolute Gasteiger partial charge is 0.490 e. The molecule has 0 fully saturated rings. The molecule has 3 aromatic carbocycles. The number of aromatic nitrogens is 1. The van der Waals surface area contributed by atoms with Crippen molar-refractivity contribution < 1.29 is 37.7 Å². The third-order valence-corrected chi connectivity index (χ3v) is 9.09. The summed E-state index contributed by atoms with van der Waals surface area (Å²) in [6.45, 7) is 5.40. The lowest BCUT2D eigenvalue weighted by Gasteiger charge is -2.25. The molecular weight excluding hydrogens is 754 g/mol. The summed E-state index contributed by atoms with van der Waals surface area (Å²) in [4.78, 5) is 44.2. The molecule has 0 saturated carbocycles. The van der Waals surface area contributed by atoms with E-state index in [9.17, 15) is 18.8 Å². The van der Waals surface area contributed by atoms with E-state index in [0.717, 1.165) is 9.13 Å². The summed E-state index contributed by atoms with van der Waals surface area (Å²) >= 11 is 3.33. The molecule has 0 radical (unpaired) electrons. The fourth-order valence-corrected chi connectivity index (χ4v) is 6.77. The maximum absolute atomic E-state index is 14.1. The van der Waals surface area contributed by atoms with Crippen molar-refractivity contribution in [3.05, 3.63) is 118 Å². The highest BCUT2D eigenvalue weighted by Crippen LogP contribution is 2.36. The first-order valence-corrected chi connectivity index (χ1v) is 16.9. The van der Waals surface area contributed by atoms with Crippen molar-refractivity contribution >= 4 is 51.9 Å². The molecule has 13 heteroatoms. The standard InChI is InChI=1S/C35H32FIN2O8S/c1-5-44-28-17-22(12-14-27(28)47-19-30(40)43-4)32-31(34(42)45-6-2)20(3)38-35-39(32)33(41)29(48-35)16-21-11-13-26(25(37)15-21)46-18-23-9-7-8-10-24(23)36/h7-17,32H,5-6,18-19H2,1-4H3/b29-16-/t32-/m1/s1. The summed E-state index contributed by atoms with van der Waals surface area (Å²) in [6, 6.07) is 16.0. The van der Waals surface area contributed by atoms with Gasteiger partial charge in [-0.2, -0.15) is 0 Å². The van der Waals surface area contributed by atoms with Gasteiger partial charge in [0.25, 0.3) is 5.56 Å². The monoisotopic (exact) mass is 786 g/mol. The smallest absolute Gasteiger partial charge is 0.343 e. The van der Waals surface area contributed by atoms with Crippen LogP contribution in [0.5, 0.6) is 17.2 Å². The zero-order valence-corrected chi connectivity index (χ0v) is 29.6. The number of esters is 2. The summed E-state index contributed by atoms with van der Waals surface area (Å²) in [5.74, 6) is -0.287. The normalized spacial score (nSPS) is 14.2. The Kier molecular flexibility index (Phi) is 11.3. The molecule has 1 aliphatic heterocycles. The van der Waals surface area contributed by atoms with Crippen LogP contribution < -0.4 is 29.1 Å². The molecule has 0 spiro atoms. The number of carbonyl (C=O) groups excluding carboxylic acids is 2. The molecule has 0 N–H and O–H groups in total. The lowest BCUT2D eigenvalue weighted by molar-refractivity contribution is -0.143. The van der Waals surface area contributed by atoms with Crippen LogP contribution in [0, 0.1) is 9.39 Å². The van der Waals surface area contributed by atoms with Crippen molar-refractivity contribution in [3.63, 3.8) is 0 Å². The molecular formula is C35H32FIN2O8S. The topological polar surface area (TPSA) is 115 Å². The van der Waals surface area contributed by atoms with E-state index in [1.807, 2.05) is 12.1 Å². The summed E-state index contributed by atoms with van der Waals surface area (Å²) < 4.78 is 44.1. The van der Waals surface area contributed by atoms with Gasteiger partial charge >= 0.3 is 11.9 Å². The highest BCUT2D eigenvalue weighted by atomic mass is 127. The maximum atomic E-state index is 14.1. The quantitative estimate of drug-likeness (QED) is 0.145. The van der Waals surface area contributed by atoms with Crippen molar-refractivity contribution in [3.8, 4) is 17.2 Å². The van der Waals surface area contributed by atoms with Crippen LogP contribution in [0.1, 0.15) is 43.5 Å². The Hall–Kier alpha value is -4.50. The maximum Gasteiger partial charge on any atom is 0.343 e. The molecule has 2 heterocycles. The van der Waals surface area contributed by atoms with Crippen molar-refractivity contribution in [1.82, 2.24) is 4.57 Å². The number of thiazole rings is 1. The van der Waals surface area contributed by atoms with E-state index in [4.69, 9.17) is 18.9 Å². The number of rotatable bonds is 12. The Bertz CT molecular complexity index is 2070. The van der Waals surface area contributed by atoms with E-state index in [-0.39, 0.29) is 36.8 Å². The summed E-state index contributed by atoms with van der Waals surface area (Å²) in [7, 11) is 1.26. The van der Waals surface area contributed by atoms with Gasteiger partial charge in [-0.3, -0.25) is 9.36 Å². The molecule has 5 rings (SSSR count). The van der Waals surface area contributed by atoms with Gasteiger partial charge in [0.05, 0.1) is 45.7 Å². The molecule has 1 aromatic heterocycles. The van der Waals surface area contributed by atoms with Gasteiger partial charge in [0.1, 0.15) is 18.2 Å². The lowest BCUT2D eigenvalue weighted by atomic mass is 9.95. The number of ether oxygens (including phenoxy) is 5. The third kappa shape index (κ3) is 7.62. The van der Waals surface area contributed by atoms with Crippen LogP contribution in [0.15, 0.2) is 81.7 Å². The summed E-state index contributed by atoms with van der Waals surface area (Å²) in [5.41, 5.74) is 2.03. The Morgan fingerprint density at radius 3 is 2.48 bits per heavy atom. The third-order valence-electron chi connectivity index (χ3n) is 7.27. The molecule has 10 nitrogen and oxygen atoms in total. The Morgan fingerprint density at radius 2 is 1.77 bits per heavy atom. The molecule has 4 aromatic rings. The van der Waals surface area contributed by atoms with E-state index in [1.54, 1.807) is 69.3 Å². The van der Waals surface area contributed by atoms with Gasteiger partial charge in [-0.15, -0.1) is 0 Å². The number of carbonyl (C=O) groups is 2. The highest BCUT2D eigenvalue weighted by Gasteiger charge is 2.34. The average molecular weight is 787 g/mol. The second-order valence-electron chi connectivity index (χ2n) is 10.4. The van der Waals surface area contributed by atoms with Gasteiger partial charge in [0, 0.05) is 5.56 Å². The number of nitrogens with zero attached hydrogens (tertiary/aromatic N) is 2. The van der Waals surface area contributed by atoms with Gasteiger partial charge in [-0.05, 0) is 90.9 Å². The number of hydrogen-bond acceptors (Lipinski definition) is 10. The van der Waals surface area contributed by atoms with E-state index >= 15 is 0 Å². The number of fused-ring (bicyclic) bond motifs is 1. The van der Waals surface area contributed by atoms with Crippen molar-refractivity contribution in [1.29, 1.82) is 0 Å². The van der Waals surface area contributed by atoms with E-state index in [2.05, 4.69) is 32.3 Å². The van der Waals surface area contributed by atoms with Gasteiger partial charge in [-0.25, -0.2) is 19.0 Å². The molecule has 0 bridgehead atoms. The van der Waals surface area contributed by atoms with Crippen LogP contribution in [0.25, 0.3) is 6.08 Å². The number of allylic oxidation sites excluding steroid dienone is 1. The van der Waals surface area contributed by atoms with Crippen molar-refractivity contribution in [2.45, 2.75) is 33.4 Å². The molecule has 250 valence electrons. The predicted octanol–water partition coefficient (Wildman–Crippen LogP) is 5.07. The zero-order chi connectivity index (χ0) is 34.4. The minimum absolute atomic E-state index is 0.0756. The Labute approximate surface area is 293 Å². The molecule has 1 aliphatic rings. The molecule has 0 saturated heterocycles. The van der Waals surface area contributed by atoms with Crippen molar-refractivity contribution in [2.75, 3.05) is 26.9 Å². The minimum Gasteiger partial charge on any atom is -0.490 e. The fourth-order valence-electron chi connectivity index (χ4n) is 5.03. The average Bonchev–Trinajstić information content (AvgIpc) is 3.37. The van der Waals surface area contributed by atoms with Crippen LogP contribution in [-0.2, 0) is 25.7 Å². The fraction of sp³-hybridized carbons (Fsp3) is 0.257. The summed E-state index contributed by atoms with van der Waals surface area (Å²) in [5, 5.41) is 0. The minimum atomic E-state index is -0.884. The van der Waals surface area contributed by atoms with Crippen LogP contribution in [-0.4, -0.2) is 43.4 Å². The zero-order valence-electron chi connectivity index (χ0n) is 26.6. The van der Waals surface area contributed by atoms with Gasteiger partial charge in [0.15, 0.2) is 22.9 Å². The molecule has 1 atom stereocenters. The molecule has 0 unspecified atom stereocenters. The number of hydrogen-bond donors (Lipinski definition) is 0. The van der Waals surface area contributed by atoms with Crippen molar-refractivity contribution in [2.24, 2.45) is 4.99 Å². The Balaban J connectivity index is 1.55. The Morgan fingerprint density at radius 1 is 1.00 bits per heavy atom. The van der Waals surface area contributed by atoms with Crippen LogP contribution in [0.2, 0.25) is 0 Å². The molecule has 48 heavy (non-hydrogen) atoms. The van der Waals surface area contributed by atoms with Crippen LogP contribution in [0.3, 0.4) is 0 Å². The summed E-state index contributed by atoms with van der Waals surface area (Å²) in [6.07, 6.45) is 1.75. The van der Waals surface area contributed by atoms with Crippen LogP contribution >= 0.6 is 33.9 Å². The first kappa shape index (κ1) is 34.8. The number of benzene rings is 3. The first-order valence-electron chi connectivity index (χ1n) is 15.0. The van der Waals surface area contributed by atoms with Gasteiger partial charge in [-0.1, -0.05) is 41.7 Å². The lowest BCUT2D eigenvalue weighted by Crippen LogP contribution is -2.40. The SMILES string of the molecule is CCOC(=O)C1=C(C)N=c2s/c(=C\c3ccc(OCc4ccccc4F)c(I)c3)c(=O)n2[C@@H]1c1ccc(OCC(=O)OC)c(OCC)c1. The second kappa shape index (κ2) is 15.6. The molecule has 0 aliphatic carbocycles. The second-order valence-corrected chi connectivity index (χ2v) is 12.5. The molecule has 0 amide bonds. The van der Waals surface area contributed by atoms with E-state index < -0.39 is 18.0 Å².